The van der Waals surface area contributed by atoms with Crippen molar-refractivity contribution in [1.82, 2.24) is 0 Å². The van der Waals surface area contributed by atoms with E-state index in [-0.39, 0.29) is 11.2 Å². The molecule has 0 N–H and O–H groups in total. The van der Waals surface area contributed by atoms with Gasteiger partial charge in [0.2, 0.25) is 0 Å². The van der Waals surface area contributed by atoms with Crippen molar-refractivity contribution in [3.05, 3.63) is 29.0 Å². The number of rotatable bonds is 6. The largest absolute Gasteiger partial charge is 0.491 e. The zero-order valence-electron chi connectivity index (χ0n) is 10.0. The van der Waals surface area contributed by atoms with Gasteiger partial charge in [0.15, 0.2) is 11.6 Å². The van der Waals surface area contributed by atoms with E-state index in [1.165, 1.54) is 12.1 Å². The highest BCUT2D eigenvalue weighted by molar-refractivity contribution is 6.30. The van der Waals surface area contributed by atoms with Crippen LogP contribution in [0.25, 0.3) is 0 Å². The van der Waals surface area contributed by atoms with Gasteiger partial charge in [-0.3, -0.25) is 0 Å². The van der Waals surface area contributed by atoms with Crippen LogP contribution in [0, 0.1) is 11.2 Å². The molecule has 0 aliphatic carbocycles. The number of carbonyl (C=O) groups is 1. The molecule has 94 valence electrons. The van der Waals surface area contributed by atoms with E-state index in [0.29, 0.717) is 24.5 Å². The molecule has 0 bridgehead atoms. The van der Waals surface area contributed by atoms with Crippen LogP contribution < -0.4 is 4.74 Å². The summed E-state index contributed by atoms with van der Waals surface area (Å²) in [6, 6.07) is 4.30. The van der Waals surface area contributed by atoms with E-state index in [4.69, 9.17) is 16.3 Å². The Morgan fingerprint density at radius 3 is 2.76 bits per heavy atom. The average molecular weight is 259 g/mol. The van der Waals surface area contributed by atoms with Crippen LogP contribution in [-0.2, 0) is 4.79 Å². The van der Waals surface area contributed by atoms with Crippen molar-refractivity contribution >= 4 is 17.9 Å². The molecular weight excluding hydrogens is 243 g/mol. The summed E-state index contributed by atoms with van der Waals surface area (Å²) in [6.07, 6.45) is 2.34. The highest BCUT2D eigenvalue weighted by Crippen LogP contribution is 2.22. The van der Waals surface area contributed by atoms with Gasteiger partial charge in [-0.2, -0.15) is 0 Å². The van der Waals surface area contributed by atoms with Crippen LogP contribution >= 0.6 is 11.6 Å². The summed E-state index contributed by atoms with van der Waals surface area (Å²) in [5, 5.41) is 0.344. The van der Waals surface area contributed by atoms with Crippen LogP contribution in [0.4, 0.5) is 4.39 Å². The molecule has 0 fully saturated rings. The molecule has 0 radical (unpaired) electrons. The maximum Gasteiger partial charge on any atom is 0.166 e. The number of benzene rings is 1. The minimum Gasteiger partial charge on any atom is -0.491 e. The molecule has 0 spiro atoms. The summed E-state index contributed by atoms with van der Waals surface area (Å²) < 4.78 is 18.6. The highest BCUT2D eigenvalue weighted by Gasteiger charge is 2.15. The number of ether oxygens (including phenoxy) is 1. The Morgan fingerprint density at radius 1 is 1.47 bits per heavy atom. The van der Waals surface area contributed by atoms with Gasteiger partial charge in [0, 0.05) is 10.4 Å². The summed E-state index contributed by atoms with van der Waals surface area (Å²) in [6.45, 7) is 4.11. The molecule has 0 saturated carbocycles. The Bertz CT molecular complexity index is 391. The predicted octanol–water partition coefficient (Wildman–Crippen LogP) is 3.86. The standard InChI is InChI=1S/C13H16ClFO2/c1-13(2,9-16)6-3-7-17-12-5-4-10(14)8-11(12)15/h4-5,8-9H,3,6-7H2,1-2H3. The van der Waals surface area contributed by atoms with E-state index in [2.05, 4.69) is 0 Å². The molecule has 17 heavy (non-hydrogen) atoms. The Morgan fingerprint density at radius 2 is 2.18 bits per heavy atom. The molecule has 0 saturated heterocycles. The van der Waals surface area contributed by atoms with Crippen molar-refractivity contribution in [2.24, 2.45) is 5.41 Å². The van der Waals surface area contributed by atoms with Crippen LogP contribution in [0.1, 0.15) is 26.7 Å². The van der Waals surface area contributed by atoms with Gasteiger partial charge in [-0.25, -0.2) is 4.39 Å². The third-order valence-electron chi connectivity index (χ3n) is 2.44. The normalized spacial score (nSPS) is 11.3. The van der Waals surface area contributed by atoms with E-state index in [0.717, 1.165) is 6.29 Å². The Labute approximate surface area is 106 Å². The average Bonchev–Trinajstić information content (AvgIpc) is 2.27. The van der Waals surface area contributed by atoms with Crippen molar-refractivity contribution < 1.29 is 13.9 Å². The fraction of sp³-hybridized carbons (Fsp3) is 0.462. The fourth-order valence-electron chi connectivity index (χ4n) is 1.36. The van der Waals surface area contributed by atoms with Crippen LogP contribution in [0.2, 0.25) is 5.02 Å². The smallest absolute Gasteiger partial charge is 0.166 e. The van der Waals surface area contributed by atoms with E-state index < -0.39 is 5.82 Å². The first-order valence-electron chi connectivity index (χ1n) is 5.49. The van der Waals surface area contributed by atoms with Crippen LogP contribution in [0.15, 0.2) is 18.2 Å². The lowest BCUT2D eigenvalue weighted by atomic mass is 9.90. The van der Waals surface area contributed by atoms with E-state index >= 15 is 0 Å². The van der Waals surface area contributed by atoms with Gasteiger partial charge in [-0.05, 0) is 31.0 Å². The molecule has 0 amide bonds. The number of hydrogen-bond donors (Lipinski definition) is 0. The molecule has 1 aromatic carbocycles. The summed E-state index contributed by atoms with van der Waals surface area (Å²) in [7, 11) is 0. The summed E-state index contributed by atoms with van der Waals surface area (Å²) in [5.41, 5.74) is -0.345. The fourth-order valence-corrected chi connectivity index (χ4v) is 1.52. The van der Waals surface area contributed by atoms with Gasteiger partial charge < -0.3 is 9.53 Å². The molecule has 1 rings (SSSR count). The first kappa shape index (κ1) is 14.0. The maximum absolute atomic E-state index is 13.3. The molecular formula is C13H16ClFO2. The van der Waals surface area contributed by atoms with Crippen LogP contribution in [0.3, 0.4) is 0 Å². The number of hydrogen-bond acceptors (Lipinski definition) is 2. The number of aldehydes is 1. The summed E-state index contributed by atoms with van der Waals surface area (Å²) >= 11 is 5.62. The minimum atomic E-state index is -0.466. The molecule has 0 atom stereocenters. The van der Waals surface area contributed by atoms with Gasteiger partial charge in [-0.15, -0.1) is 0 Å². The lowest BCUT2D eigenvalue weighted by Crippen LogP contribution is -2.14. The Kier molecular flexibility index (Phi) is 4.94. The van der Waals surface area contributed by atoms with E-state index in [9.17, 15) is 9.18 Å². The monoisotopic (exact) mass is 258 g/mol. The topological polar surface area (TPSA) is 26.3 Å². The predicted molar refractivity (Wildman–Crippen MR) is 66.0 cm³/mol. The van der Waals surface area contributed by atoms with Crippen molar-refractivity contribution in [3.8, 4) is 5.75 Å². The van der Waals surface area contributed by atoms with Gasteiger partial charge >= 0.3 is 0 Å². The van der Waals surface area contributed by atoms with E-state index in [1.54, 1.807) is 6.07 Å². The summed E-state index contributed by atoms with van der Waals surface area (Å²) in [4.78, 5) is 10.7. The molecule has 0 heterocycles. The SMILES string of the molecule is CC(C)(C=O)CCCOc1ccc(Cl)cc1F. The quantitative estimate of drug-likeness (QED) is 0.572. The van der Waals surface area contributed by atoms with Crippen molar-refractivity contribution in [2.75, 3.05) is 6.61 Å². The maximum atomic E-state index is 13.3. The second kappa shape index (κ2) is 6.01. The second-order valence-electron chi connectivity index (χ2n) is 4.63. The molecule has 2 nitrogen and oxygen atoms in total. The number of carbonyl (C=O) groups excluding carboxylic acids is 1. The van der Waals surface area contributed by atoms with Gasteiger partial charge in [-0.1, -0.05) is 25.4 Å². The lowest BCUT2D eigenvalue weighted by Gasteiger charge is -2.16. The zero-order valence-corrected chi connectivity index (χ0v) is 10.8. The minimum absolute atomic E-state index is 0.193. The van der Waals surface area contributed by atoms with E-state index in [1.807, 2.05) is 13.8 Å². The lowest BCUT2D eigenvalue weighted by molar-refractivity contribution is -0.115. The van der Waals surface area contributed by atoms with Crippen molar-refractivity contribution in [3.63, 3.8) is 0 Å². The second-order valence-corrected chi connectivity index (χ2v) is 5.07. The van der Waals surface area contributed by atoms with Crippen LogP contribution in [0.5, 0.6) is 5.75 Å². The van der Waals surface area contributed by atoms with Gasteiger partial charge in [0.25, 0.3) is 0 Å². The molecule has 0 unspecified atom stereocenters. The first-order valence-corrected chi connectivity index (χ1v) is 5.86. The molecule has 0 aliphatic heterocycles. The first-order chi connectivity index (χ1) is 7.94. The molecule has 1 aromatic rings. The Balaban J connectivity index is 2.39. The van der Waals surface area contributed by atoms with Crippen LogP contribution in [-0.4, -0.2) is 12.9 Å². The van der Waals surface area contributed by atoms with Gasteiger partial charge in [0.05, 0.1) is 6.61 Å². The molecule has 0 aliphatic rings. The van der Waals surface area contributed by atoms with Crippen molar-refractivity contribution in [2.45, 2.75) is 26.7 Å². The highest BCUT2D eigenvalue weighted by atomic mass is 35.5. The van der Waals surface area contributed by atoms with Crippen molar-refractivity contribution in [1.29, 1.82) is 0 Å². The van der Waals surface area contributed by atoms with Gasteiger partial charge in [0.1, 0.15) is 6.29 Å². The third kappa shape index (κ3) is 4.73. The third-order valence-corrected chi connectivity index (χ3v) is 2.67. The Hall–Kier alpha value is -1.09. The molecule has 0 aromatic heterocycles. The molecule has 4 heteroatoms. The zero-order chi connectivity index (χ0) is 12.9. The number of halogens is 2. The summed E-state index contributed by atoms with van der Waals surface area (Å²) in [5.74, 6) is -0.273.